The van der Waals surface area contributed by atoms with Gasteiger partial charge in [-0.1, -0.05) is 0 Å². The molecule has 1 aromatic heterocycles. The highest BCUT2D eigenvalue weighted by molar-refractivity contribution is 7.11. The fourth-order valence-corrected chi connectivity index (χ4v) is 4.41. The van der Waals surface area contributed by atoms with Crippen LogP contribution in [0, 0.1) is 0 Å². The van der Waals surface area contributed by atoms with Gasteiger partial charge in [-0.25, -0.2) is 4.98 Å². The summed E-state index contributed by atoms with van der Waals surface area (Å²) in [6.07, 6.45) is 9.96. The lowest BCUT2D eigenvalue weighted by Gasteiger charge is -2.09. The van der Waals surface area contributed by atoms with E-state index in [-0.39, 0.29) is 5.91 Å². The molecule has 0 radical (unpaired) electrons. The molecule has 1 aliphatic heterocycles. The number of carbonyl (C=O) groups excluding carboxylic acids is 1. The van der Waals surface area contributed by atoms with E-state index in [1.54, 1.807) is 0 Å². The summed E-state index contributed by atoms with van der Waals surface area (Å²) in [6.45, 7) is 1.84. The smallest absolute Gasteiger partial charge is 0.221 e. The van der Waals surface area contributed by atoms with Crippen LogP contribution in [0.2, 0.25) is 0 Å². The Labute approximate surface area is 130 Å². The zero-order valence-corrected chi connectivity index (χ0v) is 13.4. The van der Waals surface area contributed by atoms with Gasteiger partial charge in [-0.3, -0.25) is 4.79 Å². The van der Waals surface area contributed by atoms with E-state index in [2.05, 4.69) is 10.6 Å². The minimum atomic E-state index is 0.188. The summed E-state index contributed by atoms with van der Waals surface area (Å²) in [7, 11) is 0. The van der Waals surface area contributed by atoms with Gasteiger partial charge in [-0.05, 0) is 51.5 Å². The van der Waals surface area contributed by atoms with E-state index < -0.39 is 0 Å². The standard InChI is InChI=1S/C16H25N3OS/c20-15(11-12-5-3-9-17-12)18-10-4-8-16-19-13-6-1-2-7-14(13)21-16/h12,17H,1-11H2,(H,18,20). The molecule has 0 spiro atoms. The van der Waals surface area contributed by atoms with Gasteiger partial charge >= 0.3 is 0 Å². The minimum Gasteiger partial charge on any atom is -0.356 e. The lowest BCUT2D eigenvalue weighted by Crippen LogP contribution is -2.32. The number of fused-ring (bicyclic) bond motifs is 1. The van der Waals surface area contributed by atoms with Gasteiger partial charge in [0.05, 0.1) is 10.7 Å². The number of carbonyl (C=O) groups is 1. The van der Waals surface area contributed by atoms with Crippen LogP contribution in [0.25, 0.3) is 0 Å². The number of rotatable bonds is 6. The Kier molecular flexibility index (Phi) is 5.25. The maximum absolute atomic E-state index is 11.8. The molecule has 5 heteroatoms. The SMILES string of the molecule is O=C(CC1CCCN1)NCCCc1nc2c(s1)CCCC2. The Morgan fingerprint density at radius 1 is 1.33 bits per heavy atom. The predicted molar refractivity (Wildman–Crippen MR) is 85.7 cm³/mol. The number of nitrogens with one attached hydrogen (secondary N) is 2. The molecule has 2 aliphatic rings. The van der Waals surface area contributed by atoms with Crippen molar-refractivity contribution in [1.29, 1.82) is 0 Å². The highest BCUT2D eigenvalue weighted by Crippen LogP contribution is 2.27. The van der Waals surface area contributed by atoms with Crippen molar-refractivity contribution in [3.8, 4) is 0 Å². The monoisotopic (exact) mass is 307 g/mol. The van der Waals surface area contributed by atoms with Crippen LogP contribution >= 0.6 is 11.3 Å². The van der Waals surface area contributed by atoms with Gasteiger partial charge in [-0.2, -0.15) is 0 Å². The van der Waals surface area contributed by atoms with Crippen LogP contribution in [0.3, 0.4) is 0 Å². The molecule has 0 aromatic carbocycles. The molecule has 1 atom stereocenters. The van der Waals surface area contributed by atoms with Gasteiger partial charge in [0.2, 0.25) is 5.91 Å². The fourth-order valence-electron chi connectivity index (χ4n) is 3.21. The topological polar surface area (TPSA) is 54.0 Å². The molecular weight excluding hydrogens is 282 g/mol. The fraction of sp³-hybridized carbons (Fsp3) is 0.750. The molecule has 1 saturated heterocycles. The summed E-state index contributed by atoms with van der Waals surface area (Å²) in [6, 6.07) is 0.399. The van der Waals surface area contributed by atoms with Crippen molar-refractivity contribution in [2.75, 3.05) is 13.1 Å². The number of nitrogens with zero attached hydrogens (tertiary/aromatic N) is 1. The van der Waals surface area contributed by atoms with Gasteiger partial charge in [0, 0.05) is 30.3 Å². The van der Waals surface area contributed by atoms with Crippen molar-refractivity contribution >= 4 is 17.2 Å². The van der Waals surface area contributed by atoms with Crippen molar-refractivity contribution in [2.45, 2.75) is 63.8 Å². The number of thiazole rings is 1. The molecule has 0 saturated carbocycles. The number of amides is 1. The van der Waals surface area contributed by atoms with E-state index >= 15 is 0 Å². The molecule has 1 aromatic rings. The van der Waals surface area contributed by atoms with E-state index in [9.17, 15) is 4.79 Å². The molecule has 4 nitrogen and oxygen atoms in total. The second kappa shape index (κ2) is 7.36. The summed E-state index contributed by atoms with van der Waals surface area (Å²) in [5.74, 6) is 0.188. The molecule has 1 unspecified atom stereocenters. The van der Waals surface area contributed by atoms with Crippen LogP contribution in [0.15, 0.2) is 0 Å². The molecule has 3 rings (SSSR count). The molecule has 2 N–H and O–H groups in total. The third-order valence-corrected chi connectivity index (χ3v) is 5.59. The summed E-state index contributed by atoms with van der Waals surface area (Å²) in [5, 5.41) is 7.66. The van der Waals surface area contributed by atoms with E-state index in [1.807, 2.05) is 11.3 Å². The molecule has 21 heavy (non-hydrogen) atoms. The Balaban J connectivity index is 1.34. The van der Waals surface area contributed by atoms with Crippen molar-refractivity contribution in [1.82, 2.24) is 15.6 Å². The van der Waals surface area contributed by atoms with Crippen LogP contribution in [-0.2, 0) is 24.1 Å². The van der Waals surface area contributed by atoms with E-state index in [1.165, 1.54) is 41.3 Å². The van der Waals surface area contributed by atoms with E-state index in [4.69, 9.17) is 4.98 Å². The van der Waals surface area contributed by atoms with Gasteiger partial charge in [0.1, 0.15) is 0 Å². The summed E-state index contributed by atoms with van der Waals surface area (Å²) < 4.78 is 0. The highest BCUT2D eigenvalue weighted by atomic mass is 32.1. The van der Waals surface area contributed by atoms with Crippen molar-refractivity contribution in [3.63, 3.8) is 0 Å². The lowest BCUT2D eigenvalue weighted by atomic mass is 10.0. The first-order valence-corrected chi connectivity index (χ1v) is 9.10. The first-order chi connectivity index (χ1) is 10.3. The van der Waals surface area contributed by atoms with Crippen LogP contribution < -0.4 is 10.6 Å². The van der Waals surface area contributed by atoms with Crippen molar-refractivity contribution in [3.05, 3.63) is 15.6 Å². The van der Waals surface area contributed by atoms with Crippen LogP contribution in [0.4, 0.5) is 0 Å². The van der Waals surface area contributed by atoms with E-state index in [0.29, 0.717) is 12.5 Å². The number of aromatic nitrogens is 1. The maximum Gasteiger partial charge on any atom is 0.221 e. The Hall–Kier alpha value is -0.940. The first kappa shape index (κ1) is 15.0. The van der Waals surface area contributed by atoms with Crippen LogP contribution in [0.5, 0.6) is 0 Å². The average molecular weight is 307 g/mol. The third-order valence-electron chi connectivity index (χ3n) is 4.37. The molecule has 116 valence electrons. The molecule has 1 amide bonds. The Morgan fingerprint density at radius 3 is 3.05 bits per heavy atom. The largest absolute Gasteiger partial charge is 0.356 e. The Bertz CT molecular complexity index is 456. The lowest BCUT2D eigenvalue weighted by molar-refractivity contribution is -0.121. The highest BCUT2D eigenvalue weighted by Gasteiger charge is 2.17. The zero-order valence-electron chi connectivity index (χ0n) is 12.6. The Morgan fingerprint density at radius 2 is 2.24 bits per heavy atom. The minimum absolute atomic E-state index is 0.188. The predicted octanol–water partition coefficient (Wildman–Crippen LogP) is 2.21. The second-order valence-corrected chi connectivity index (χ2v) is 7.30. The molecule has 1 fully saturated rings. The summed E-state index contributed by atoms with van der Waals surface area (Å²) in [4.78, 5) is 18.1. The summed E-state index contributed by atoms with van der Waals surface area (Å²) >= 11 is 1.89. The number of hydrogen-bond acceptors (Lipinski definition) is 4. The molecular formula is C16H25N3OS. The maximum atomic E-state index is 11.8. The zero-order chi connectivity index (χ0) is 14.5. The van der Waals surface area contributed by atoms with Crippen LogP contribution in [-0.4, -0.2) is 30.0 Å². The number of aryl methyl sites for hydroxylation is 3. The van der Waals surface area contributed by atoms with Crippen LogP contribution in [0.1, 0.15) is 54.1 Å². The molecule has 1 aliphatic carbocycles. The van der Waals surface area contributed by atoms with Gasteiger partial charge in [0.25, 0.3) is 0 Å². The van der Waals surface area contributed by atoms with E-state index in [0.717, 1.165) is 38.8 Å². The quantitative estimate of drug-likeness (QED) is 0.792. The normalized spacial score (nSPS) is 21.2. The third kappa shape index (κ3) is 4.27. The van der Waals surface area contributed by atoms with Crippen molar-refractivity contribution in [2.24, 2.45) is 0 Å². The van der Waals surface area contributed by atoms with Crippen molar-refractivity contribution < 1.29 is 4.79 Å². The summed E-state index contributed by atoms with van der Waals surface area (Å²) in [5.41, 5.74) is 1.34. The number of hydrogen-bond donors (Lipinski definition) is 2. The second-order valence-electron chi connectivity index (χ2n) is 6.14. The van der Waals surface area contributed by atoms with Gasteiger partial charge in [0.15, 0.2) is 0 Å². The average Bonchev–Trinajstić information content (AvgIpc) is 3.12. The molecule has 2 heterocycles. The van der Waals surface area contributed by atoms with Gasteiger partial charge in [-0.15, -0.1) is 11.3 Å². The van der Waals surface area contributed by atoms with Gasteiger partial charge < -0.3 is 10.6 Å². The first-order valence-electron chi connectivity index (χ1n) is 8.29. The molecule has 0 bridgehead atoms.